The van der Waals surface area contributed by atoms with Crippen LogP contribution in [-0.4, -0.2) is 45.3 Å². The van der Waals surface area contributed by atoms with E-state index >= 15 is 0 Å². The van der Waals surface area contributed by atoms with Crippen LogP contribution in [0.2, 0.25) is 0 Å². The Labute approximate surface area is 172 Å². The minimum absolute atomic E-state index is 0.242. The van der Waals surface area contributed by atoms with E-state index in [-0.39, 0.29) is 11.7 Å². The fraction of sp³-hybridized carbons (Fsp3) is 0.333. The lowest BCUT2D eigenvalue weighted by Gasteiger charge is -2.31. The van der Waals surface area contributed by atoms with Gasteiger partial charge in [0.25, 0.3) is 0 Å². The lowest BCUT2D eigenvalue weighted by atomic mass is 9.91. The Kier molecular flexibility index (Phi) is 4.88. The van der Waals surface area contributed by atoms with Crippen LogP contribution in [0, 0.1) is 5.82 Å². The highest BCUT2D eigenvalue weighted by Crippen LogP contribution is 2.33. The van der Waals surface area contributed by atoms with E-state index in [2.05, 4.69) is 30.7 Å². The summed E-state index contributed by atoms with van der Waals surface area (Å²) >= 11 is 0. The first-order valence-electron chi connectivity index (χ1n) is 10.0. The standard InChI is InChI=1S/C21H22FN7O/c1-23-11-14-12-24-29(13-14)20-5-4-19(25-26-20)28-8-6-15(7-9-28)21-17-10-16(22)2-3-18(17)30-27-21/h2-5,10,12-13,15,23H,6-9,11H2,1H3. The number of piperidine rings is 1. The summed E-state index contributed by atoms with van der Waals surface area (Å²) in [7, 11) is 1.90. The van der Waals surface area contributed by atoms with E-state index in [4.69, 9.17) is 4.52 Å². The number of hydrogen-bond acceptors (Lipinski definition) is 7. The quantitative estimate of drug-likeness (QED) is 0.544. The number of hydrogen-bond donors (Lipinski definition) is 1. The summed E-state index contributed by atoms with van der Waals surface area (Å²) in [5, 5.41) is 21.2. The molecule has 0 radical (unpaired) electrons. The second-order valence-electron chi connectivity index (χ2n) is 7.54. The Morgan fingerprint density at radius 2 is 1.93 bits per heavy atom. The van der Waals surface area contributed by atoms with Crippen molar-refractivity contribution in [3.63, 3.8) is 0 Å². The van der Waals surface area contributed by atoms with Gasteiger partial charge in [0.05, 0.1) is 11.9 Å². The minimum atomic E-state index is -0.269. The minimum Gasteiger partial charge on any atom is -0.356 e. The van der Waals surface area contributed by atoms with E-state index in [9.17, 15) is 4.39 Å². The van der Waals surface area contributed by atoms with Crippen molar-refractivity contribution in [2.75, 3.05) is 25.0 Å². The topological polar surface area (TPSA) is 84.9 Å². The molecule has 1 N–H and O–H groups in total. The predicted octanol–water partition coefficient (Wildman–Crippen LogP) is 3.05. The molecular formula is C21H22FN7O. The maximum atomic E-state index is 13.6. The zero-order valence-electron chi connectivity index (χ0n) is 16.6. The van der Waals surface area contributed by atoms with Crippen LogP contribution in [-0.2, 0) is 6.54 Å². The number of rotatable bonds is 5. The van der Waals surface area contributed by atoms with Gasteiger partial charge in [-0.05, 0) is 50.2 Å². The number of nitrogens with zero attached hydrogens (tertiary/aromatic N) is 6. The second-order valence-corrected chi connectivity index (χ2v) is 7.54. The van der Waals surface area contributed by atoms with Gasteiger partial charge in [-0.3, -0.25) is 0 Å². The van der Waals surface area contributed by atoms with Crippen LogP contribution in [0.3, 0.4) is 0 Å². The average molecular weight is 407 g/mol. The average Bonchev–Trinajstić information content (AvgIpc) is 3.41. The van der Waals surface area contributed by atoms with E-state index in [1.165, 1.54) is 12.1 Å². The largest absolute Gasteiger partial charge is 0.356 e. The molecule has 0 bridgehead atoms. The van der Waals surface area contributed by atoms with Crippen LogP contribution in [0.4, 0.5) is 10.2 Å². The third-order valence-corrected chi connectivity index (χ3v) is 5.55. The molecule has 154 valence electrons. The lowest BCUT2D eigenvalue weighted by molar-refractivity contribution is 0.416. The number of anilines is 1. The molecule has 0 atom stereocenters. The first kappa shape index (κ1) is 18.7. The predicted molar refractivity (Wildman–Crippen MR) is 110 cm³/mol. The highest BCUT2D eigenvalue weighted by atomic mass is 19.1. The first-order valence-corrected chi connectivity index (χ1v) is 10.0. The van der Waals surface area contributed by atoms with Crippen molar-refractivity contribution in [1.29, 1.82) is 0 Å². The normalized spacial score (nSPS) is 15.2. The number of nitrogens with one attached hydrogen (secondary N) is 1. The Hall–Kier alpha value is -3.33. The summed E-state index contributed by atoms with van der Waals surface area (Å²) in [6, 6.07) is 8.44. The Balaban J connectivity index is 1.26. The van der Waals surface area contributed by atoms with Crippen molar-refractivity contribution in [2.45, 2.75) is 25.3 Å². The summed E-state index contributed by atoms with van der Waals surface area (Å²) in [5.41, 5.74) is 2.57. The van der Waals surface area contributed by atoms with Gasteiger partial charge in [0.15, 0.2) is 17.2 Å². The smallest absolute Gasteiger partial charge is 0.175 e. The Morgan fingerprint density at radius 3 is 2.70 bits per heavy atom. The SMILES string of the molecule is CNCc1cnn(-c2ccc(N3CCC(c4noc5ccc(F)cc45)CC3)nn2)c1. The van der Waals surface area contributed by atoms with Gasteiger partial charge in [-0.15, -0.1) is 10.2 Å². The van der Waals surface area contributed by atoms with Gasteiger partial charge in [0.2, 0.25) is 0 Å². The van der Waals surface area contributed by atoms with Gasteiger partial charge >= 0.3 is 0 Å². The number of fused-ring (bicyclic) bond motifs is 1. The molecule has 0 saturated carbocycles. The maximum Gasteiger partial charge on any atom is 0.175 e. The molecule has 0 amide bonds. The molecule has 1 aromatic carbocycles. The molecule has 0 aliphatic carbocycles. The second kappa shape index (κ2) is 7.83. The number of benzene rings is 1. The van der Waals surface area contributed by atoms with Crippen LogP contribution in [0.5, 0.6) is 0 Å². The molecule has 4 aromatic rings. The van der Waals surface area contributed by atoms with Crippen LogP contribution in [0.15, 0.2) is 47.2 Å². The van der Waals surface area contributed by atoms with Crippen molar-refractivity contribution >= 4 is 16.8 Å². The number of aromatic nitrogens is 5. The van der Waals surface area contributed by atoms with Crippen molar-refractivity contribution in [2.24, 2.45) is 0 Å². The molecule has 0 unspecified atom stereocenters. The molecule has 0 spiro atoms. The van der Waals surface area contributed by atoms with E-state index in [1.807, 2.05) is 31.6 Å². The van der Waals surface area contributed by atoms with Gasteiger partial charge in [-0.25, -0.2) is 9.07 Å². The molecule has 1 saturated heterocycles. The summed E-state index contributed by atoms with van der Waals surface area (Å²) in [6.07, 6.45) is 5.55. The van der Waals surface area contributed by atoms with Gasteiger partial charge in [-0.2, -0.15) is 5.10 Å². The van der Waals surface area contributed by atoms with Gasteiger partial charge in [-0.1, -0.05) is 5.16 Å². The molecule has 8 nitrogen and oxygen atoms in total. The molecule has 5 rings (SSSR count). The van der Waals surface area contributed by atoms with Crippen LogP contribution in [0.1, 0.15) is 30.0 Å². The lowest BCUT2D eigenvalue weighted by Crippen LogP contribution is -2.33. The van der Waals surface area contributed by atoms with Gasteiger partial charge in [0, 0.05) is 42.7 Å². The summed E-state index contributed by atoms with van der Waals surface area (Å²) in [4.78, 5) is 2.21. The van der Waals surface area contributed by atoms with Crippen LogP contribution >= 0.6 is 0 Å². The molecule has 1 fully saturated rings. The van der Waals surface area contributed by atoms with Gasteiger partial charge < -0.3 is 14.7 Å². The van der Waals surface area contributed by atoms with E-state index in [1.54, 1.807) is 10.7 Å². The highest BCUT2D eigenvalue weighted by Gasteiger charge is 2.26. The van der Waals surface area contributed by atoms with E-state index < -0.39 is 0 Å². The monoisotopic (exact) mass is 407 g/mol. The van der Waals surface area contributed by atoms with Crippen LogP contribution < -0.4 is 10.2 Å². The van der Waals surface area contributed by atoms with E-state index in [0.29, 0.717) is 11.4 Å². The third kappa shape index (κ3) is 3.52. The molecule has 4 heterocycles. The maximum absolute atomic E-state index is 13.6. The van der Waals surface area contributed by atoms with Crippen molar-refractivity contribution in [1.82, 2.24) is 30.5 Å². The first-order chi connectivity index (χ1) is 14.7. The zero-order valence-corrected chi connectivity index (χ0v) is 16.6. The molecular weight excluding hydrogens is 385 g/mol. The molecule has 30 heavy (non-hydrogen) atoms. The fourth-order valence-electron chi connectivity index (χ4n) is 4.00. The van der Waals surface area contributed by atoms with Crippen LogP contribution in [0.25, 0.3) is 16.8 Å². The fourth-order valence-corrected chi connectivity index (χ4v) is 4.00. The summed E-state index contributed by atoms with van der Waals surface area (Å²) in [6.45, 7) is 2.42. The highest BCUT2D eigenvalue weighted by molar-refractivity contribution is 5.80. The summed E-state index contributed by atoms with van der Waals surface area (Å²) < 4.78 is 20.7. The number of halogens is 1. The molecule has 9 heteroatoms. The van der Waals surface area contributed by atoms with E-state index in [0.717, 1.165) is 54.9 Å². The van der Waals surface area contributed by atoms with Gasteiger partial charge in [0.1, 0.15) is 5.82 Å². The third-order valence-electron chi connectivity index (χ3n) is 5.55. The molecule has 1 aliphatic rings. The molecule has 1 aliphatic heterocycles. The summed E-state index contributed by atoms with van der Waals surface area (Å²) in [5.74, 6) is 1.50. The molecule has 3 aromatic heterocycles. The van der Waals surface area contributed by atoms with Crippen molar-refractivity contribution in [3.8, 4) is 5.82 Å². The van der Waals surface area contributed by atoms with Crippen molar-refractivity contribution in [3.05, 3.63) is 59.8 Å². The Morgan fingerprint density at radius 1 is 1.13 bits per heavy atom. The van der Waals surface area contributed by atoms with Crippen molar-refractivity contribution < 1.29 is 8.91 Å². The Bertz CT molecular complexity index is 1150. The zero-order chi connectivity index (χ0) is 20.5.